The summed E-state index contributed by atoms with van der Waals surface area (Å²) in [6, 6.07) is 8.04. The first-order valence-corrected chi connectivity index (χ1v) is 10.6. The van der Waals surface area contributed by atoms with Crippen LogP contribution in [0.4, 0.5) is 23.2 Å². The Morgan fingerprint density at radius 2 is 1.50 bits per heavy atom. The fourth-order valence-corrected chi connectivity index (χ4v) is 4.97. The Morgan fingerprint density at radius 3 is 2.13 bits per heavy atom. The fourth-order valence-electron chi connectivity index (χ4n) is 3.21. The molecule has 1 atom stereocenters. The van der Waals surface area contributed by atoms with Gasteiger partial charge in [0.2, 0.25) is 0 Å². The molecule has 0 N–H and O–H groups in total. The SMILES string of the molecule is Cc1ccc(F)c(F)c1[C@@H](C)N(c1cc(F)ccc1F)S(=O)(=O)c1ccc(Cl)cc1. The summed E-state index contributed by atoms with van der Waals surface area (Å²) >= 11 is 5.81. The van der Waals surface area contributed by atoms with Crippen LogP contribution in [0.5, 0.6) is 0 Å². The second-order valence-corrected chi connectivity index (χ2v) is 8.87. The highest BCUT2D eigenvalue weighted by Crippen LogP contribution is 2.37. The molecule has 0 unspecified atom stereocenters. The van der Waals surface area contributed by atoms with Crippen LogP contribution in [-0.2, 0) is 10.0 Å². The third-order valence-corrected chi connectivity index (χ3v) is 6.79. The zero-order chi connectivity index (χ0) is 22.2. The van der Waals surface area contributed by atoms with Gasteiger partial charge in [0.15, 0.2) is 11.6 Å². The molecule has 0 spiro atoms. The van der Waals surface area contributed by atoms with Gasteiger partial charge in [-0.1, -0.05) is 17.7 Å². The maximum atomic E-state index is 14.6. The van der Waals surface area contributed by atoms with E-state index < -0.39 is 45.0 Å². The van der Waals surface area contributed by atoms with Crippen molar-refractivity contribution >= 4 is 27.3 Å². The Bertz CT molecular complexity index is 1200. The quantitative estimate of drug-likeness (QED) is 0.430. The van der Waals surface area contributed by atoms with E-state index in [2.05, 4.69) is 0 Å². The molecule has 158 valence electrons. The van der Waals surface area contributed by atoms with Crippen LogP contribution in [0, 0.1) is 30.2 Å². The predicted octanol–water partition coefficient (Wildman–Crippen LogP) is 6.16. The molecular formula is C21H16ClF4NO2S. The maximum absolute atomic E-state index is 14.6. The van der Waals surface area contributed by atoms with Crippen LogP contribution in [0.3, 0.4) is 0 Å². The lowest BCUT2D eigenvalue weighted by Gasteiger charge is -2.32. The Balaban J connectivity index is 2.30. The second kappa shape index (κ2) is 8.28. The average Bonchev–Trinajstić information content (AvgIpc) is 2.68. The van der Waals surface area contributed by atoms with Gasteiger partial charge in [-0.15, -0.1) is 0 Å². The van der Waals surface area contributed by atoms with Gasteiger partial charge < -0.3 is 0 Å². The molecule has 9 heteroatoms. The highest BCUT2D eigenvalue weighted by molar-refractivity contribution is 7.92. The van der Waals surface area contributed by atoms with Crippen LogP contribution < -0.4 is 4.31 Å². The Kier molecular flexibility index (Phi) is 6.10. The van der Waals surface area contributed by atoms with Crippen molar-refractivity contribution in [2.24, 2.45) is 0 Å². The smallest absolute Gasteiger partial charge is 0.256 e. The van der Waals surface area contributed by atoms with Gasteiger partial charge in [0.1, 0.15) is 11.6 Å². The third kappa shape index (κ3) is 4.02. The van der Waals surface area contributed by atoms with Gasteiger partial charge in [-0.3, -0.25) is 4.31 Å². The first-order chi connectivity index (χ1) is 14.0. The van der Waals surface area contributed by atoms with Gasteiger partial charge in [0.25, 0.3) is 10.0 Å². The summed E-state index contributed by atoms with van der Waals surface area (Å²) in [6.45, 7) is 2.73. The summed E-state index contributed by atoms with van der Waals surface area (Å²) in [6.07, 6.45) is 0. The van der Waals surface area contributed by atoms with Gasteiger partial charge >= 0.3 is 0 Å². The fraction of sp³-hybridized carbons (Fsp3) is 0.143. The molecule has 3 nitrogen and oxygen atoms in total. The predicted molar refractivity (Wildman–Crippen MR) is 107 cm³/mol. The summed E-state index contributed by atoms with van der Waals surface area (Å²) < 4.78 is 84.4. The normalized spacial score (nSPS) is 12.6. The zero-order valence-electron chi connectivity index (χ0n) is 15.8. The molecule has 0 aliphatic rings. The number of benzene rings is 3. The molecule has 0 bridgehead atoms. The molecule has 0 saturated heterocycles. The molecular weight excluding hydrogens is 442 g/mol. The van der Waals surface area contributed by atoms with Crippen LogP contribution in [0.1, 0.15) is 24.1 Å². The number of sulfonamides is 1. The van der Waals surface area contributed by atoms with E-state index in [4.69, 9.17) is 11.6 Å². The molecule has 3 rings (SSSR count). The minimum Gasteiger partial charge on any atom is -0.256 e. The average molecular weight is 458 g/mol. The molecule has 3 aromatic rings. The van der Waals surface area contributed by atoms with E-state index in [9.17, 15) is 26.0 Å². The molecule has 0 aliphatic carbocycles. The lowest BCUT2D eigenvalue weighted by Crippen LogP contribution is -2.35. The van der Waals surface area contributed by atoms with Crippen molar-refractivity contribution < 1.29 is 26.0 Å². The lowest BCUT2D eigenvalue weighted by molar-refractivity contribution is 0.488. The Hall–Kier alpha value is -2.58. The van der Waals surface area contributed by atoms with Gasteiger partial charge in [0, 0.05) is 16.7 Å². The number of anilines is 1. The molecule has 3 aromatic carbocycles. The van der Waals surface area contributed by atoms with E-state index in [0.717, 1.165) is 18.2 Å². The third-order valence-electron chi connectivity index (χ3n) is 4.64. The lowest BCUT2D eigenvalue weighted by atomic mass is 10.0. The topological polar surface area (TPSA) is 37.4 Å². The standard InChI is InChI=1S/C21H16ClF4NO2S/c1-12-3-9-18(25)21(26)20(12)13(2)27(19-11-15(23)6-10-17(19)24)30(28,29)16-7-4-14(22)5-8-16/h3-11,13H,1-2H3/t13-/m1/s1. The van der Waals surface area contributed by atoms with E-state index in [1.807, 2.05) is 0 Å². The molecule has 0 saturated carbocycles. The van der Waals surface area contributed by atoms with Crippen molar-refractivity contribution in [1.29, 1.82) is 0 Å². The number of halogens is 5. The largest absolute Gasteiger partial charge is 0.264 e. The van der Waals surface area contributed by atoms with Crippen molar-refractivity contribution in [3.05, 3.63) is 94.0 Å². The zero-order valence-corrected chi connectivity index (χ0v) is 17.4. The van der Waals surface area contributed by atoms with Crippen molar-refractivity contribution in [1.82, 2.24) is 0 Å². The second-order valence-electron chi connectivity index (χ2n) is 6.62. The summed E-state index contributed by atoms with van der Waals surface area (Å²) in [5.74, 6) is -4.40. The van der Waals surface area contributed by atoms with Crippen molar-refractivity contribution in [3.8, 4) is 0 Å². The van der Waals surface area contributed by atoms with Gasteiger partial charge in [-0.25, -0.2) is 26.0 Å². The molecule has 0 radical (unpaired) electrons. The van der Waals surface area contributed by atoms with Crippen molar-refractivity contribution in [3.63, 3.8) is 0 Å². The molecule has 0 aromatic heterocycles. The summed E-state index contributed by atoms with van der Waals surface area (Å²) in [5.41, 5.74) is -0.689. The van der Waals surface area contributed by atoms with Crippen LogP contribution in [0.25, 0.3) is 0 Å². The number of hydrogen-bond donors (Lipinski definition) is 0. The van der Waals surface area contributed by atoms with Crippen LogP contribution in [0.2, 0.25) is 5.02 Å². The Morgan fingerprint density at radius 1 is 0.900 bits per heavy atom. The summed E-state index contributed by atoms with van der Waals surface area (Å²) in [7, 11) is -4.52. The molecule has 0 amide bonds. The summed E-state index contributed by atoms with van der Waals surface area (Å²) in [4.78, 5) is -0.281. The minimum atomic E-state index is -4.52. The van der Waals surface area contributed by atoms with Crippen LogP contribution in [0.15, 0.2) is 59.5 Å². The maximum Gasteiger partial charge on any atom is 0.264 e. The first-order valence-electron chi connectivity index (χ1n) is 8.73. The number of hydrogen-bond acceptors (Lipinski definition) is 2. The van der Waals surface area contributed by atoms with Gasteiger partial charge in [-0.05, 0) is 61.9 Å². The van der Waals surface area contributed by atoms with Gasteiger partial charge in [0.05, 0.1) is 16.6 Å². The van der Waals surface area contributed by atoms with E-state index >= 15 is 0 Å². The van der Waals surface area contributed by atoms with Crippen molar-refractivity contribution in [2.45, 2.75) is 24.8 Å². The van der Waals surface area contributed by atoms with E-state index in [0.29, 0.717) is 10.4 Å². The van der Waals surface area contributed by atoms with Crippen LogP contribution >= 0.6 is 11.6 Å². The van der Waals surface area contributed by atoms with E-state index in [1.165, 1.54) is 44.2 Å². The Labute approximate surface area is 176 Å². The molecule has 0 aliphatic heterocycles. The molecule has 0 heterocycles. The molecule has 0 fully saturated rings. The van der Waals surface area contributed by atoms with E-state index in [1.54, 1.807) is 0 Å². The first kappa shape index (κ1) is 22.1. The number of aryl methyl sites for hydroxylation is 1. The highest BCUT2D eigenvalue weighted by Gasteiger charge is 2.35. The molecule has 30 heavy (non-hydrogen) atoms. The number of nitrogens with zero attached hydrogens (tertiary/aromatic N) is 1. The van der Waals surface area contributed by atoms with Crippen LogP contribution in [-0.4, -0.2) is 8.42 Å². The van der Waals surface area contributed by atoms with Gasteiger partial charge in [-0.2, -0.15) is 0 Å². The van der Waals surface area contributed by atoms with Crippen molar-refractivity contribution in [2.75, 3.05) is 4.31 Å². The number of rotatable bonds is 5. The van der Waals surface area contributed by atoms with E-state index in [-0.39, 0.29) is 21.0 Å². The minimum absolute atomic E-state index is 0.245. The summed E-state index contributed by atoms with van der Waals surface area (Å²) in [5, 5.41) is 0.262. The monoisotopic (exact) mass is 457 g/mol. The highest BCUT2D eigenvalue weighted by atomic mass is 35.5.